The molecule has 0 saturated carbocycles. The molecule has 2 aromatic carbocycles. The zero-order valence-electron chi connectivity index (χ0n) is 14.1. The van der Waals surface area contributed by atoms with Gasteiger partial charge in [0.15, 0.2) is 0 Å². The molecule has 2 aromatic rings. The van der Waals surface area contributed by atoms with E-state index in [1.807, 2.05) is 61.5 Å². The van der Waals surface area contributed by atoms with Gasteiger partial charge in [-0.25, -0.2) is 0 Å². The van der Waals surface area contributed by atoms with Crippen LogP contribution in [0.15, 0.2) is 60.7 Å². The van der Waals surface area contributed by atoms with Crippen molar-refractivity contribution in [2.75, 3.05) is 6.61 Å². The SMILES string of the molecule is CCO[C@@H](/C=C/c1ccccc1)C[C@@H](O)CCc1ccc(O)cc1. The third-order valence-electron chi connectivity index (χ3n) is 3.89. The molecular formula is C21H26O3. The number of hydrogen-bond donors (Lipinski definition) is 2. The molecule has 0 saturated heterocycles. The highest BCUT2D eigenvalue weighted by atomic mass is 16.5. The summed E-state index contributed by atoms with van der Waals surface area (Å²) >= 11 is 0. The van der Waals surface area contributed by atoms with Crippen molar-refractivity contribution in [1.82, 2.24) is 0 Å². The number of phenols is 1. The zero-order valence-corrected chi connectivity index (χ0v) is 14.1. The molecule has 0 aliphatic heterocycles. The highest BCUT2D eigenvalue weighted by Gasteiger charge is 2.12. The van der Waals surface area contributed by atoms with Crippen LogP contribution in [-0.2, 0) is 11.2 Å². The van der Waals surface area contributed by atoms with Crippen molar-refractivity contribution in [2.24, 2.45) is 0 Å². The van der Waals surface area contributed by atoms with Gasteiger partial charge in [0.05, 0.1) is 12.2 Å². The van der Waals surface area contributed by atoms with Gasteiger partial charge in [0.1, 0.15) is 5.75 Å². The van der Waals surface area contributed by atoms with Crippen LogP contribution in [0.3, 0.4) is 0 Å². The average Bonchev–Trinajstić information content (AvgIpc) is 2.60. The molecule has 0 unspecified atom stereocenters. The van der Waals surface area contributed by atoms with Crippen LogP contribution in [0.25, 0.3) is 6.08 Å². The van der Waals surface area contributed by atoms with Crippen molar-refractivity contribution >= 4 is 6.08 Å². The van der Waals surface area contributed by atoms with Gasteiger partial charge >= 0.3 is 0 Å². The number of aryl methyl sites for hydroxylation is 1. The van der Waals surface area contributed by atoms with E-state index in [0.717, 1.165) is 17.5 Å². The van der Waals surface area contributed by atoms with E-state index in [4.69, 9.17) is 4.74 Å². The number of benzene rings is 2. The van der Waals surface area contributed by atoms with Crippen LogP contribution < -0.4 is 0 Å². The normalized spacial score (nSPS) is 13.9. The Morgan fingerprint density at radius 2 is 1.75 bits per heavy atom. The fraction of sp³-hybridized carbons (Fsp3) is 0.333. The molecule has 2 N–H and O–H groups in total. The fourth-order valence-electron chi connectivity index (χ4n) is 2.58. The topological polar surface area (TPSA) is 49.7 Å². The number of ether oxygens (including phenoxy) is 1. The second-order valence-electron chi connectivity index (χ2n) is 5.86. The Morgan fingerprint density at radius 1 is 1.04 bits per heavy atom. The Kier molecular flexibility index (Phi) is 7.53. The summed E-state index contributed by atoms with van der Waals surface area (Å²) in [5.41, 5.74) is 2.24. The standard InChI is InChI=1S/C21H26O3/c1-2-24-21(15-11-17-6-4-3-5-7-17)16-20(23)14-10-18-8-12-19(22)13-9-18/h3-9,11-13,15,20-23H,2,10,14,16H2,1H3/b15-11+/t20-,21-/m0/s1. The molecule has 0 fully saturated rings. The van der Waals surface area contributed by atoms with Crippen LogP contribution in [0, 0.1) is 0 Å². The van der Waals surface area contributed by atoms with E-state index in [9.17, 15) is 10.2 Å². The summed E-state index contributed by atoms with van der Waals surface area (Å²) in [6.45, 7) is 2.58. The van der Waals surface area contributed by atoms with Crippen LogP contribution in [0.4, 0.5) is 0 Å². The molecule has 128 valence electrons. The molecule has 3 nitrogen and oxygen atoms in total. The minimum absolute atomic E-state index is 0.0926. The highest BCUT2D eigenvalue weighted by molar-refractivity contribution is 5.49. The lowest BCUT2D eigenvalue weighted by Gasteiger charge is -2.17. The molecule has 0 aliphatic rings. The number of aliphatic hydroxyl groups is 1. The lowest BCUT2D eigenvalue weighted by Crippen LogP contribution is -2.19. The lowest BCUT2D eigenvalue weighted by molar-refractivity contribution is 0.0449. The molecule has 2 atom stereocenters. The zero-order chi connectivity index (χ0) is 17.2. The van der Waals surface area contributed by atoms with Gasteiger partial charge in [0.25, 0.3) is 0 Å². The Morgan fingerprint density at radius 3 is 2.42 bits per heavy atom. The molecule has 0 aromatic heterocycles. The Balaban J connectivity index is 1.84. The Bertz CT molecular complexity index is 605. The van der Waals surface area contributed by atoms with Crippen molar-refractivity contribution < 1.29 is 14.9 Å². The summed E-state index contributed by atoms with van der Waals surface area (Å²) in [4.78, 5) is 0. The predicted octanol–water partition coefficient (Wildman–Crippen LogP) is 4.19. The van der Waals surface area contributed by atoms with Gasteiger partial charge in [0.2, 0.25) is 0 Å². The summed E-state index contributed by atoms with van der Waals surface area (Å²) in [7, 11) is 0. The van der Waals surface area contributed by atoms with Crippen LogP contribution in [-0.4, -0.2) is 29.0 Å². The van der Waals surface area contributed by atoms with Gasteiger partial charge in [-0.1, -0.05) is 54.6 Å². The van der Waals surface area contributed by atoms with Gasteiger partial charge in [-0.3, -0.25) is 0 Å². The van der Waals surface area contributed by atoms with E-state index in [-0.39, 0.29) is 11.9 Å². The second-order valence-corrected chi connectivity index (χ2v) is 5.86. The van der Waals surface area contributed by atoms with Crippen LogP contribution in [0.5, 0.6) is 5.75 Å². The summed E-state index contributed by atoms with van der Waals surface area (Å²) in [6.07, 6.45) is 5.57. The van der Waals surface area contributed by atoms with E-state index < -0.39 is 6.10 Å². The quantitative estimate of drug-likeness (QED) is 0.726. The van der Waals surface area contributed by atoms with Gasteiger partial charge in [-0.15, -0.1) is 0 Å². The first kappa shape index (κ1) is 18.2. The van der Waals surface area contributed by atoms with Crippen molar-refractivity contribution in [2.45, 2.75) is 38.4 Å². The maximum atomic E-state index is 10.3. The van der Waals surface area contributed by atoms with E-state index >= 15 is 0 Å². The molecule has 0 bridgehead atoms. The predicted molar refractivity (Wildman–Crippen MR) is 97.9 cm³/mol. The van der Waals surface area contributed by atoms with Crippen molar-refractivity contribution in [3.8, 4) is 5.75 Å². The summed E-state index contributed by atoms with van der Waals surface area (Å²) < 4.78 is 5.72. The first-order chi connectivity index (χ1) is 11.7. The summed E-state index contributed by atoms with van der Waals surface area (Å²) in [5, 5.41) is 19.6. The number of phenolic OH excluding ortho intramolecular Hbond substituents is 1. The number of aromatic hydroxyl groups is 1. The van der Waals surface area contributed by atoms with Crippen molar-refractivity contribution in [3.05, 3.63) is 71.8 Å². The molecule has 2 rings (SSSR count). The van der Waals surface area contributed by atoms with E-state index in [2.05, 4.69) is 0 Å². The monoisotopic (exact) mass is 326 g/mol. The minimum atomic E-state index is -0.421. The Labute approximate surface area is 144 Å². The average molecular weight is 326 g/mol. The first-order valence-electron chi connectivity index (χ1n) is 8.48. The molecule has 24 heavy (non-hydrogen) atoms. The summed E-state index contributed by atoms with van der Waals surface area (Å²) in [6, 6.07) is 17.2. The lowest BCUT2D eigenvalue weighted by atomic mass is 10.0. The summed E-state index contributed by atoms with van der Waals surface area (Å²) in [5.74, 6) is 0.266. The van der Waals surface area contributed by atoms with E-state index in [1.165, 1.54) is 0 Å². The van der Waals surface area contributed by atoms with E-state index in [1.54, 1.807) is 12.1 Å². The molecule has 0 radical (unpaired) electrons. The third kappa shape index (κ3) is 6.57. The minimum Gasteiger partial charge on any atom is -0.508 e. The van der Waals surface area contributed by atoms with Gasteiger partial charge in [-0.05, 0) is 43.0 Å². The van der Waals surface area contributed by atoms with Crippen molar-refractivity contribution in [1.29, 1.82) is 0 Å². The Hall–Kier alpha value is -2.10. The maximum absolute atomic E-state index is 10.3. The molecule has 0 spiro atoms. The largest absolute Gasteiger partial charge is 0.508 e. The number of rotatable bonds is 9. The fourth-order valence-corrected chi connectivity index (χ4v) is 2.58. The van der Waals surface area contributed by atoms with Crippen LogP contribution >= 0.6 is 0 Å². The smallest absolute Gasteiger partial charge is 0.115 e. The molecule has 0 amide bonds. The molecular weight excluding hydrogens is 300 g/mol. The van der Waals surface area contributed by atoms with Gasteiger partial charge < -0.3 is 14.9 Å². The molecule has 0 aliphatic carbocycles. The van der Waals surface area contributed by atoms with Crippen molar-refractivity contribution in [3.63, 3.8) is 0 Å². The van der Waals surface area contributed by atoms with Crippen LogP contribution in [0.2, 0.25) is 0 Å². The second kappa shape index (κ2) is 9.91. The number of aliphatic hydroxyl groups excluding tert-OH is 1. The van der Waals surface area contributed by atoms with E-state index in [0.29, 0.717) is 19.4 Å². The number of hydrogen-bond acceptors (Lipinski definition) is 3. The maximum Gasteiger partial charge on any atom is 0.115 e. The molecule has 0 heterocycles. The third-order valence-corrected chi connectivity index (χ3v) is 3.89. The van der Waals surface area contributed by atoms with Crippen LogP contribution in [0.1, 0.15) is 30.9 Å². The molecule has 3 heteroatoms. The first-order valence-corrected chi connectivity index (χ1v) is 8.48. The van der Waals surface area contributed by atoms with Gasteiger partial charge in [0, 0.05) is 13.0 Å². The van der Waals surface area contributed by atoms with Gasteiger partial charge in [-0.2, -0.15) is 0 Å². The highest BCUT2D eigenvalue weighted by Crippen LogP contribution is 2.15.